The third kappa shape index (κ3) is 5.17. The van der Waals surface area contributed by atoms with Crippen molar-refractivity contribution in [1.29, 1.82) is 0 Å². The zero-order chi connectivity index (χ0) is 27.6. The first-order chi connectivity index (χ1) is 18.0. The van der Waals surface area contributed by atoms with E-state index in [1.807, 2.05) is 0 Å². The van der Waals surface area contributed by atoms with Gasteiger partial charge in [0.1, 0.15) is 46.6 Å². The van der Waals surface area contributed by atoms with Crippen LogP contribution in [-0.2, 0) is 6.54 Å². The van der Waals surface area contributed by atoms with Crippen molar-refractivity contribution in [3.05, 3.63) is 65.5 Å². The van der Waals surface area contributed by atoms with Crippen LogP contribution in [0.3, 0.4) is 0 Å². The quantitative estimate of drug-likeness (QED) is 0.321. The van der Waals surface area contributed by atoms with Crippen molar-refractivity contribution in [2.24, 2.45) is 0 Å². The Morgan fingerprint density at radius 3 is 2.63 bits per heavy atom. The lowest BCUT2D eigenvalue weighted by atomic mass is 10.1. The van der Waals surface area contributed by atoms with Gasteiger partial charge in [0.25, 0.3) is 5.91 Å². The summed E-state index contributed by atoms with van der Waals surface area (Å²) >= 11 is 0. The van der Waals surface area contributed by atoms with Crippen molar-refractivity contribution >= 4 is 17.2 Å². The normalized spacial score (nSPS) is 12.4. The third-order valence-corrected chi connectivity index (χ3v) is 5.82. The number of hydrogen-bond donors (Lipinski definition) is 2. The Bertz CT molecular complexity index is 1490. The van der Waals surface area contributed by atoms with Crippen molar-refractivity contribution in [3.63, 3.8) is 0 Å². The number of anilines is 1. The number of amides is 1. The molecule has 1 amide bonds. The van der Waals surface area contributed by atoms with Crippen LogP contribution in [0.4, 0.5) is 23.4 Å². The Balaban J connectivity index is 1.71. The first kappa shape index (κ1) is 26.6. The zero-order valence-electron chi connectivity index (χ0n) is 20.6. The van der Waals surface area contributed by atoms with Crippen molar-refractivity contribution in [1.82, 2.24) is 24.9 Å². The molecule has 4 rings (SSSR count). The summed E-state index contributed by atoms with van der Waals surface area (Å²) in [7, 11) is 1.37. The monoisotopic (exact) mass is 532 g/mol. The van der Waals surface area contributed by atoms with Gasteiger partial charge in [0.05, 0.1) is 19.3 Å². The van der Waals surface area contributed by atoms with Gasteiger partial charge in [-0.1, -0.05) is 6.07 Å². The highest BCUT2D eigenvalue weighted by Gasteiger charge is 2.41. The molecular weight excluding hydrogens is 508 g/mol. The van der Waals surface area contributed by atoms with Gasteiger partial charge >= 0.3 is 6.18 Å². The molecule has 2 aromatic carbocycles. The summed E-state index contributed by atoms with van der Waals surface area (Å²) in [5.41, 5.74) is 7.26. The summed E-state index contributed by atoms with van der Waals surface area (Å²) in [6.07, 6.45) is -3.50. The van der Waals surface area contributed by atoms with E-state index in [0.29, 0.717) is 16.9 Å². The fourth-order valence-electron chi connectivity index (χ4n) is 3.87. The van der Waals surface area contributed by atoms with E-state index in [0.717, 1.165) is 23.8 Å². The van der Waals surface area contributed by atoms with E-state index in [-0.39, 0.29) is 47.3 Å². The molecule has 2 heterocycles. The second-order valence-electron chi connectivity index (χ2n) is 8.28. The number of carbonyl (C=O) groups excluding carboxylic acids is 1. The maximum atomic E-state index is 13.7. The molecule has 0 saturated heterocycles. The molecule has 2 aromatic heterocycles. The Hall–Kier alpha value is -4.42. The Morgan fingerprint density at radius 2 is 1.95 bits per heavy atom. The van der Waals surface area contributed by atoms with Crippen molar-refractivity contribution in [2.45, 2.75) is 32.5 Å². The number of fused-ring (bicyclic) bond motifs is 1. The van der Waals surface area contributed by atoms with Gasteiger partial charge in [0, 0.05) is 12.1 Å². The molecule has 200 valence electrons. The number of halogens is 4. The molecule has 13 heteroatoms. The minimum absolute atomic E-state index is 0.0282. The van der Waals surface area contributed by atoms with Gasteiger partial charge < -0.3 is 20.5 Å². The molecule has 0 aliphatic carbocycles. The summed E-state index contributed by atoms with van der Waals surface area (Å²) < 4.78 is 66.3. The van der Waals surface area contributed by atoms with Gasteiger partial charge in [-0.25, -0.2) is 18.9 Å². The van der Waals surface area contributed by atoms with E-state index in [2.05, 4.69) is 20.4 Å². The van der Waals surface area contributed by atoms with Gasteiger partial charge in [-0.3, -0.25) is 4.79 Å². The summed E-state index contributed by atoms with van der Waals surface area (Å²) in [6.45, 7) is 3.02. The van der Waals surface area contributed by atoms with Crippen LogP contribution in [0.5, 0.6) is 11.5 Å². The largest absolute Gasteiger partial charge is 0.496 e. The third-order valence-electron chi connectivity index (χ3n) is 5.82. The van der Waals surface area contributed by atoms with Crippen molar-refractivity contribution in [3.8, 4) is 22.8 Å². The number of methoxy groups -OCH3 is 1. The van der Waals surface area contributed by atoms with Crippen molar-refractivity contribution < 1.29 is 31.8 Å². The number of carbonyl (C=O) groups is 1. The van der Waals surface area contributed by atoms with E-state index in [1.165, 1.54) is 19.2 Å². The van der Waals surface area contributed by atoms with Crippen LogP contribution in [0.15, 0.2) is 42.7 Å². The molecule has 0 radical (unpaired) electrons. The summed E-state index contributed by atoms with van der Waals surface area (Å²) in [5, 5.41) is 6.65. The van der Waals surface area contributed by atoms with E-state index in [1.54, 1.807) is 25.1 Å². The molecule has 0 saturated carbocycles. The molecule has 38 heavy (non-hydrogen) atoms. The molecule has 0 fully saturated rings. The minimum Gasteiger partial charge on any atom is -0.496 e. The predicted octanol–water partition coefficient (Wildman–Crippen LogP) is 4.52. The first-order valence-corrected chi connectivity index (χ1v) is 11.5. The topological polar surface area (TPSA) is 117 Å². The van der Waals surface area contributed by atoms with E-state index < -0.39 is 23.8 Å². The van der Waals surface area contributed by atoms with Crippen molar-refractivity contribution in [2.75, 3.05) is 19.5 Å². The SMILES string of the molecule is CCOc1cc(CNC(=O)c2cc(F)ccc2OC)ccc1-c1nc([C@H](C)C(F)(F)F)n2ncnc(N)c12. The van der Waals surface area contributed by atoms with E-state index >= 15 is 0 Å². The number of nitrogens with zero attached hydrogens (tertiary/aromatic N) is 4. The molecule has 0 aliphatic rings. The molecule has 1 atom stereocenters. The fraction of sp³-hybridized carbons (Fsp3) is 0.280. The van der Waals surface area contributed by atoms with E-state index in [9.17, 15) is 22.4 Å². The average molecular weight is 532 g/mol. The van der Waals surface area contributed by atoms with Gasteiger partial charge in [0.15, 0.2) is 5.82 Å². The molecule has 0 aliphatic heterocycles. The lowest BCUT2D eigenvalue weighted by molar-refractivity contribution is -0.148. The number of nitrogen functional groups attached to an aromatic ring is 1. The first-order valence-electron chi connectivity index (χ1n) is 11.5. The van der Waals surface area contributed by atoms with Crippen LogP contribution in [0.25, 0.3) is 16.8 Å². The van der Waals surface area contributed by atoms with Crippen LogP contribution >= 0.6 is 0 Å². The summed E-state index contributed by atoms with van der Waals surface area (Å²) in [6, 6.07) is 8.48. The molecule has 3 N–H and O–H groups in total. The highest BCUT2D eigenvalue weighted by atomic mass is 19.4. The van der Waals surface area contributed by atoms with Crippen LogP contribution in [0, 0.1) is 5.82 Å². The van der Waals surface area contributed by atoms with Gasteiger partial charge in [-0.05, 0) is 49.7 Å². The van der Waals surface area contributed by atoms with Crippen LogP contribution in [0.1, 0.15) is 41.5 Å². The van der Waals surface area contributed by atoms with Gasteiger partial charge in [0.2, 0.25) is 0 Å². The standard InChI is InChI=1S/C25H24F4N6O3/c1-4-38-19-9-14(11-31-24(36)17-10-15(26)6-8-18(17)37-3)5-7-16(19)20-21-22(30)32-12-33-35(21)23(34-20)13(2)25(27,28)29/h5-10,12-13H,4,11H2,1-3H3,(H,31,36)(H2,30,32,33)/t13-/m0/s1. The Kier molecular flexibility index (Phi) is 7.37. The number of rotatable bonds is 8. The highest BCUT2D eigenvalue weighted by Crippen LogP contribution is 2.39. The second-order valence-corrected chi connectivity index (χ2v) is 8.28. The summed E-state index contributed by atoms with van der Waals surface area (Å²) in [4.78, 5) is 20.8. The number of aromatic nitrogens is 4. The Morgan fingerprint density at radius 1 is 1.18 bits per heavy atom. The average Bonchev–Trinajstić information content (AvgIpc) is 3.27. The molecule has 4 aromatic rings. The second kappa shape index (κ2) is 10.5. The number of nitrogens with two attached hydrogens (primary N) is 1. The van der Waals surface area contributed by atoms with Gasteiger partial charge in [-0.15, -0.1) is 0 Å². The number of hydrogen-bond acceptors (Lipinski definition) is 7. The predicted molar refractivity (Wildman–Crippen MR) is 130 cm³/mol. The Labute approximate surface area is 214 Å². The van der Waals surface area contributed by atoms with Crippen LogP contribution in [0.2, 0.25) is 0 Å². The molecular formula is C25H24F4N6O3. The van der Waals surface area contributed by atoms with Crippen LogP contribution in [-0.4, -0.2) is 45.4 Å². The molecule has 0 bridgehead atoms. The van der Waals surface area contributed by atoms with Crippen LogP contribution < -0.4 is 20.5 Å². The summed E-state index contributed by atoms with van der Waals surface area (Å²) in [5.74, 6) is -2.96. The smallest absolute Gasteiger partial charge is 0.398 e. The molecule has 0 spiro atoms. The lowest BCUT2D eigenvalue weighted by Crippen LogP contribution is -2.23. The van der Waals surface area contributed by atoms with E-state index in [4.69, 9.17) is 15.2 Å². The maximum Gasteiger partial charge on any atom is 0.398 e. The number of nitrogens with one attached hydrogen (secondary N) is 1. The van der Waals surface area contributed by atoms with Gasteiger partial charge in [-0.2, -0.15) is 18.3 Å². The fourth-order valence-corrected chi connectivity index (χ4v) is 3.87. The lowest BCUT2D eigenvalue weighted by Gasteiger charge is -2.13. The zero-order valence-corrected chi connectivity index (χ0v) is 20.6. The molecule has 0 unspecified atom stereocenters. The number of benzene rings is 2. The highest BCUT2D eigenvalue weighted by molar-refractivity contribution is 5.97. The number of imidazole rings is 1. The molecule has 9 nitrogen and oxygen atoms in total. The number of alkyl halides is 3. The number of ether oxygens (including phenoxy) is 2. The maximum absolute atomic E-state index is 13.7. The minimum atomic E-state index is -4.56.